The molecule has 4 nitrogen and oxygen atoms in total. The molecule has 0 saturated carbocycles. The Bertz CT molecular complexity index is 501. The number of nitrogens with one attached hydrogen (secondary N) is 1. The number of anilines is 2. The maximum atomic E-state index is 12.1. The zero-order valence-electron chi connectivity index (χ0n) is 13.4. The van der Waals surface area contributed by atoms with E-state index in [0.717, 1.165) is 30.9 Å². The summed E-state index contributed by atoms with van der Waals surface area (Å²) < 4.78 is 0. The fourth-order valence-corrected chi connectivity index (χ4v) is 2.64. The van der Waals surface area contributed by atoms with Crippen molar-refractivity contribution < 1.29 is 4.79 Å². The van der Waals surface area contributed by atoms with Crippen LogP contribution >= 0.6 is 0 Å². The summed E-state index contributed by atoms with van der Waals surface area (Å²) in [6.45, 7) is 9.59. The molecule has 1 aliphatic heterocycles. The summed E-state index contributed by atoms with van der Waals surface area (Å²) in [6.07, 6.45) is 2.96. The molecule has 4 heteroatoms. The third-order valence-electron chi connectivity index (χ3n) is 4.51. The normalized spacial score (nSPS) is 18.4. The molecule has 0 bridgehead atoms. The van der Waals surface area contributed by atoms with Gasteiger partial charge in [-0.3, -0.25) is 4.79 Å². The number of benzene rings is 1. The molecular formula is C17H27N3O. The number of piperidine rings is 1. The first-order valence-corrected chi connectivity index (χ1v) is 7.75. The van der Waals surface area contributed by atoms with Gasteiger partial charge in [0.15, 0.2) is 0 Å². The molecule has 21 heavy (non-hydrogen) atoms. The minimum Gasteiger partial charge on any atom is -0.398 e. The summed E-state index contributed by atoms with van der Waals surface area (Å²) >= 11 is 0. The number of hydrogen-bond acceptors (Lipinski definition) is 3. The topological polar surface area (TPSA) is 58.4 Å². The van der Waals surface area contributed by atoms with Gasteiger partial charge in [-0.15, -0.1) is 0 Å². The van der Waals surface area contributed by atoms with Crippen LogP contribution in [0.2, 0.25) is 0 Å². The van der Waals surface area contributed by atoms with Crippen LogP contribution in [0.15, 0.2) is 18.2 Å². The zero-order chi connectivity index (χ0) is 15.5. The molecule has 116 valence electrons. The summed E-state index contributed by atoms with van der Waals surface area (Å²) in [4.78, 5) is 14.5. The van der Waals surface area contributed by atoms with E-state index in [4.69, 9.17) is 5.73 Å². The maximum Gasteiger partial charge on any atom is 0.225 e. The smallest absolute Gasteiger partial charge is 0.225 e. The lowest BCUT2D eigenvalue weighted by molar-refractivity contribution is -0.116. The number of carbonyl (C=O) groups is 1. The molecule has 1 saturated heterocycles. The molecule has 0 unspecified atom stereocenters. The standard InChI is InChI=1S/C17H27N3O/c1-13-14(18)5-4-6-15(13)19-16(21)7-10-20-11-8-17(2,3)9-12-20/h4-6H,7-12,18H2,1-3H3,(H,19,21). The average Bonchev–Trinajstić information content (AvgIpc) is 2.43. The van der Waals surface area contributed by atoms with E-state index in [1.54, 1.807) is 0 Å². The lowest BCUT2D eigenvalue weighted by atomic mass is 9.83. The first kappa shape index (κ1) is 15.8. The fraction of sp³-hybridized carbons (Fsp3) is 0.588. The Balaban J connectivity index is 1.79. The Morgan fingerprint density at radius 2 is 2.00 bits per heavy atom. The highest BCUT2D eigenvalue weighted by Gasteiger charge is 2.25. The molecule has 0 atom stereocenters. The maximum absolute atomic E-state index is 12.1. The monoisotopic (exact) mass is 289 g/mol. The van der Waals surface area contributed by atoms with Crippen LogP contribution in [0.25, 0.3) is 0 Å². The van der Waals surface area contributed by atoms with Gasteiger partial charge in [-0.1, -0.05) is 19.9 Å². The van der Waals surface area contributed by atoms with Crippen LogP contribution < -0.4 is 11.1 Å². The van der Waals surface area contributed by atoms with E-state index >= 15 is 0 Å². The molecule has 2 rings (SSSR count). The van der Waals surface area contributed by atoms with Gasteiger partial charge in [-0.05, 0) is 56.0 Å². The van der Waals surface area contributed by atoms with Crippen LogP contribution in [-0.4, -0.2) is 30.4 Å². The van der Waals surface area contributed by atoms with Crippen LogP contribution in [0, 0.1) is 12.3 Å². The van der Waals surface area contributed by atoms with E-state index in [0.29, 0.717) is 17.5 Å². The summed E-state index contributed by atoms with van der Waals surface area (Å²) in [7, 11) is 0. The van der Waals surface area contributed by atoms with Crippen molar-refractivity contribution in [2.75, 3.05) is 30.7 Å². The lowest BCUT2D eigenvalue weighted by Crippen LogP contribution is -2.38. The fourth-order valence-electron chi connectivity index (χ4n) is 2.64. The lowest BCUT2D eigenvalue weighted by Gasteiger charge is -2.36. The van der Waals surface area contributed by atoms with E-state index in [1.807, 2.05) is 25.1 Å². The van der Waals surface area contributed by atoms with Gasteiger partial charge in [0, 0.05) is 24.3 Å². The van der Waals surface area contributed by atoms with Crippen LogP contribution in [-0.2, 0) is 4.79 Å². The molecule has 1 heterocycles. The second-order valence-electron chi connectivity index (χ2n) is 6.82. The third kappa shape index (κ3) is 4.46. The quantitative estimate of drug-likeness (QED) is 0.838. The molecule has 1 amide bonds. The Morgan fingerprint density at radius 1 is 1.33 bits per heavy atom. The number of likely N-dealkylation sites (tertiary alicyclic amines) is 1. The Morgan fingerprint density at radius 3 is 2.67 bits per heavy atom. The van der Waals surface area contributed by atoms with Crippen molar-refractivity contribution in [3.05, 3.63) is 23.8 Å². The molecule has 1 aliphatic rings. The predicted molar refractivity (Wildman–Crippen MR) is 88.3 cm³/mol. The minimum absolute atomic E-state index is 0.0635. The van der Waals surface area contributed by atoms with Crippen molar-refractivity contribution in [2.45, 2.75) is 40.0 Å². The first-order chi connectivity index (χ1) is 9.87. The molecule has 0 aromatic heterocycles. The number of hydrogen-bond donors (Lipinski definition) is 2. The van der Waals surface area contributed by atoms with Crippen molar-refractivity contribution in [3.63, 3.8) is 0 Å². The van der Waals surface area contributed by atoms with E-state index in [1.165, 1.54) is 12.8 Å². The molecule has 0 spiro atoms. The Labute approximate surface area is 127 Å². The summed E-state index contributed by atoms with van der Waals surface area (Å²) in [5.41, 5.74) is 8.78. The Kier molecular flexibility index (Phi) is 4.88. The van der Waals surface area contributed by atoms with Gasteiger partial charge in [0.2, 0.25) is 5.91 Å². The van der Waals surface area contributed by atoms with Gasteiger partial charge in [0.25, 0.3) is 0 Å². The van der Waals surface area contributed by atoms with Crippen molar-refractivity contribution >= 4 is 17.3 Å². The van der Waals surface area contributed by atoms with Gasteiger partial charge >= 0.3 is 0 Å². The largest absolute Gasteiger partial charge is 0.398 e. The number of nitrogens with two attached hydrogens (primary N) is 1. The zero-order valence-corrected chi connectivity index (χ0v) is 13.4. The summed E-state index contributed by atoms with van der Waals surface area (Å²) in [6, 6.07) is 5.61. The van der Waals surface area contributed by atoms with E-state index < -0.39 is 0 Å². The van der Waals surface area contributed by atoms with Gasteiger partial charge in [-0.25, -0.2) is 0 Å². The molecule has 0 radical (unpaired) electrons. The van der Waals surface area contributed by atoms with Crippen molar-refractivity contribution in [2.24, 2.45) is 5.41 Å². The van der Waals surface area contributed by atoms with Crippen LogP contribution in [0.5, 0.6) is 0 Å². The SMILES string of the molecule is Cc1c(N)cccc1NC(=O)CCN1CCC(C)(C)CC1. The molecule has 3 N–H and O–H groups in total. The van der Waals surface area contributed by atoms with Crippen molar-refractivity contribution in [1.82, 2.24) is 4.90 Å². The van der Waals surface area contributed by atoms with Crippen LogP contribution in [0.4, 0.5) is 11.4 Å². The second-order valence-corrected chi connectivity index (χ2v) is 6.82. The van der Waals surface area contributed by atoms with Crippen LogP contribution in [0.1, 0.15) is 38.7 Å². The van der Waals surface area contributed by atoms with Crippen molar-refractivity contribution in [3.8, 4) is 0 Å². The highest BCUT2D eigenvalue weighted by molar-refractivity contribution is 5.92. The van der Waals surface area contributed by atoms with Gasteiger partial charge in [0.05, 0.1) is 0 Å². The molecule has 0 aliphatic carbocycles. The highest BCUT2D eigenvalue weighted by atomic mass is 16.1. The van der Waals surface area contributed by atoms with E-state index in [-0.39, 0.29) is 5.91 Å². The number of amides is 1. The highest BCUT2D eigenvalue weighted by Crippen LogP contribution is 2.29. The average molecular weight is 289 g/mol. The van der Waals surface area contributed by atoms with E-state index in [9.17, 15) is 4.79 Å². The number of nitrogens with zero attached hydrogens (tertiary/aromatic N) is 1. The van der Waals surface area contributed by atoms with Gasteiger partial charge < -0.3 is 16.0 Å². The second kappa shape index (κ2) is 6.48. The molecular weight excluding hydrogens is 262 g/mol. The van der Waals surface area contributed by atoms with E-state index in [2.05, 4.69) is 24.1 Å². The third-order valence-corrected chi connectivity index (χ3v) is 4.51. The summed E-state index contributed by atoms with van der Waals surface area (Å²) in [5, 5.41) is 2.96. The summed E-state index contributed by atoms with van der Waals surface area (Å²) in [5.74, 6) is 0.0635. The van der Waals surface area contributed by atoms with Crippen LogP contribution in [0.3, 0.4) is 0 Å². The van der Waals surface area contributed by atoms with Gasteiger partial charge in [0.1, 0.15) is 0 Å². The number of nitrogen functional groups attached to an aromatic ring is 1. The number of rotatable bonds is 4. The molecule has 1 aromatic carbocycles. The molecule has 1 aromatic rings. The Hall–Kier alpha value is -1.55. The first-order valence-electron chi connectivity index (χ1n) is 7.75. The minimum atomic E-state index is 0.0635. The number of carbonyl (C=O) groups excluding carboxylic acids is 1. The van der Waals surface area contributed by atoms with Crippen molar-refractivity contribution in [1.29, 1.82) is 0 Å². The van der Waals surface area contributed by atoms with Gasteiger partial charge in [-0.2, -0.15) is 0 Å². The molecule has 1 fully saturated rings. The predicted octanol–water partition coefficient (Wildman–Crippen LogP) is 3.03.